The van der Waals surface area contributed by atoms with Gasteiger partial charge in [0.2, 0.25) is 5.91 Å². The molecule has 2 rings (SSSR count). The summed E-state index contributed by atoms with van der Waals surface area (Å²) in [7, 11) is -2.97. The van der Waals surface area contributed by atoms with E-state index in [4.69, 9.17) is 0 Å². The lowest BCUT2D eigenvalue weighted by molar-refractivity contribution is -0.120. The predicted octanol–water partition coefficient (Wildman–Crippen LogP) is 1.43. The van der Waals surface area contributed by atoms with Crippen molar-refractivity contribution in [2.24, 2.45) is 0 Å². The van der Waals surface area contributed by atoms with E-state index in [-0.39, 0.29) is 28.7 Å². The lowest BCUT2D eigenvalue weighted by Gasteiger charge is -2.14. The van der Waals surface area contributed by atoms with Crippen LogP contribution in [0.2, 0.25) is 0 Å². The summed E-state index contributed by atoms with van der Waals surface area (Å²) < 4.78 is 24.4. The van der Waals surface area contributed by atoms with Crippen LogP contribution >= 0.6 is 34.9 Å². The Kier molecular flexibility index (Phi) is 5.92. The van der Waals surface area contributed by atoms with Crippen LogP contribution in [0.15, 0.2) is 8.68 Å². The van der Waals surface area contributed by atoms with E-state index in [1.165, 1.54) is 23.1 Å². The number of thioether (sulfide) groups is 2. The van der Waals surface area contributed by atoms with E-state index in [1.54, 1.807) is 18.7 Å². The molecule has 0 aliphatic carbocycles. The Morgan fingerprint density at radius 2 is 2.19 bits per heavy atom. The van der Waals surface area contributed by atoms with Crippen LogP contribution in [0, 0.1) is 0 Å². The second-order valence-electron chi connectivity index (χ2n) is 4.64. The van der Waals surface area contributed by atoms with Gasteiger partial charge in [0.15, 0.2) is 18.5 Å². The summed E-state index contributed by atoms with van der Waals surface area (Å²) in [4.78, 5) is 12.1. The van der Waals surface area contributed by atoms with Gasteiger partial charge in [-0.3, -0.25) is 4.79 Å². The number of amides is 1. The van der Waals surface area contributed by atoms with Crippen LogP contribution in [0.4, 0.5) is 0 Å². The molecule has 1 saturated heterocycles. The van der Waals surface area contributed by atoms with Crippen molar-refractivity contribution in [3.05, 3.63) is 0 Å². The highest BCUT2D eigenvalue weighted by molar-refractivity contribution is 8.03. The third-order valence-corrected chi connectivity index (χ3v) is 7.77. The molecule has 1 aliphatic rings. The zero-order valence-electron chi connectivity index (χ0n) is 11.7. The summed E-state index contributed by atoms with van der Waals surface area (Å²) in [6.07, 6.45) is 0.502. The number of carbonyl (C=O) groups excluding carboxylic acids is 1. The molecule has 1 fully saturated rings. The lowest BCUT2D eigenvalue weighted by atomic mass is 10.2. The predicted molar refractivity (Wildman–Crippen MR) is 86.8 cm³/mol. The first-order chi connectivity index (χ1) is 9.89. The molecule has 2 heterocycles. The minimum atomic E-state index is -2.97. The van der Waals surface area contributed by atoms with Gasteiger partial charge in [-0.15, -0.1) is 10.2 Å². The number of rotatable bonds is 6. The van der Waals surface area contributed by atoms with Crippen molar-refractivity contribution in [3.63, 3.8) is 0 Å². The minimum Gasteiger partial charge on any atom is -0.351 e. The van der Waals surface area contributed by atoms with Gasteiger partial charge in [-0.1, -0.05) is 41.8 Å². The monoisotopic (exact) mass is 367 g/mol. The number of carbonyl (C=O) groups is 1. The quantitative estimate of drug-likeness (QED) is 0.761. The van der Waals surface area contributed by atoms with Gasteiger partial charge >= 0.3 is 0 Å². The molecule has 21 heavy (non-hydrogen) atoms. The molecule has 1 aromatic rings. The Labute approximate surface area is 136 Å². The third kappa shape index (κ3) is 5.11. The average Bonchev–Trinajstić information content (AvgIpc) is 2.96. The second kappa shape index (κ2) is 7.30. The highest BCUT2D eigenvalue weighted by Gasteiger charge is 2.30. The Morgan fingerprint density at radius 1 is 1.48 bits per heavy atom. The number of sulfone groups is 1. The summed E-state index contributed by atoms with van der Waals surface area (Å²) in [6.45, 7) is 3.84. The van der Waals surface area contributed by atoms with Gasteiger partial charge in [-0.2, -0.15) is 0 Å². The van der Waals surface area contributed by atoms with Gasteiger partial charge in [0.1, 0.15) is 0 Å². The van der Waals surface area contributed by atoms with Crippen LogP contribution in [-0.4, -0.2) is 53.1 Å². The minimum absolute atomic E-state index is 0.0478. The summed E-state index contributed by atoms with van der Waals surface area (Å²) in [5, 5.41) is 10.6. The third-order valence-electron chi connectivity index (χ3n) is 2.88. The van der Waals surface area contributed by atoms with Gasteiger partial charge in [0.05, 0.1) is 16.8 Å². The SMILES string of the molecule is CCSc1nnc(S[C@@H](C)C(=O)N[C@H]2CCS(=O)(=O)C2)s1. The summed E-state index contributed by atoms with van der Waals surface area (Å²) in [5.74, 6) is 0.993. The van der Waals surface area contributed by atoms with E-state index in [1.807, 2.05) is 6.92 Å². The lowest BCUT2D eigenvalue weighted by Crippen LogP contribution is -2.39. The van der Waals surface area contributed by atoms with E-state index in [9.17, 15) is 13.2 Å². The molecule has 2 atom stereocenters. The van der Waals surface area contributed by atoms with Crippen LogP contribution in [0.5, 0.6) is 0 Å². The van der Waals surface area contributed by atoms with Crippen LogP contribution < -0.4 is 5.32 Å². The molecule has 1 aliphatic heterocycles. The van der Waals surface area contributed by atoms with E-state index in [0.717, 1.165) is 14.4 Å². The molecule has 0 radical (unpaired) electrons. The van der Waals surface area contributed by atoms with Gasteiger partial charge in [0.25, 0.3) is 0 Å². The molecule has 0 spiro atoms. The largest absolute Gasteiger partial charge is 0.351 e. The van der Waals surface area contributed by atoms with Crippen molar-refractivity contribution in [1.82, 2.24) is 15.5 Å². The second-order valence-corrected chi connectivity index (χ2v) is 10.9. The fraction of sp³-hybridized carbons (Fsp3) is 0.727. The Balaban J connectivity index is 1.84. The van der Waals surface area contributed by atoms with Gasteiger partial charge in [-0.25, -0.2) is 8.42 Å². The van der Waals surface area contributed by atoms with Crippen LogP contribution in [0.1, 0.15) is 20.3 Å². The maximum Gasteiger partial charge on any atom is 0.233 e. The number of hydrogen-bond acceptors (Lipinski definition) is 8. The molecular formula is C11H17N3O3S4. The number of nitrogens with zero attached hydrogens (tertiary/aromatic N) is 2. The summed E-state index contributed by atoms with van der Waals surface area (Å²) in [5.41, 5.74) is 0. The Bertz CT molecular complexity index is 602. The van der Waals surface area contributed by atoms with E-state index in [0.29, 0.717) is 6.42 Å². The standard InChI is InChI=1S/C11H17N3O3S4/c1-3-18-10-13-14-11(20-10)19-7(2)9(15)12-8-4-5-21(16,17)6-8/h7-8H,3-6H2,1-2H3,(H,12,15)/t7-,8-/m0/s1. The van der Waals surface area contributed by atoms with E-state index >= 15 is 0 Å². The van der Waals surface area contributed by atoms with Crippen LogP contribution in [-0.2, 0) is 14.6 Å². The molecule has 118 valence electrons. The fourth-order valence-corrected chi connectivity index (χ4v) is 6.60. The molecule has 6 nitrogen and oxygen atoms in total. The molecule has 0 bridgehead atoms. The molecule has 10 heteroatoms. The van der Waals surface area contributed by atoms with Crippen molar-refractivity contribution in [1.29, 1.82) is 0 Å². The molecule has 1 aromatic heterocycles. The molecule has 0 aromatic carbocycles. The highest BCUT2D eigenvalue weighted by atomic mass is 32.2. The smallest absolute Gasteiger partial charge is 0.233 e. The molecule has 0 saturated carbocycles. The van der Waals surface area contributed by atoms with Crippen molar-refractivity contribution < 1.29 is 13.2 Å². The Hall–Kier alpha value is -0.320. The van der Waals surface area contributed by atoms with Crippen molar-refractivity contribution >= 4 is 50.6 Å². The topological polar surface area (TPSA) is 89.0 Å². The molecular weight excluding hydrogens is 350 g/mol. The fourth-order valence-electron chi connectivity index (χ4n) is 1.86. The normalized spacial score (nSPS) is 22.1. The number of aromatic nitrogens is 2. The molecule has 0 unspecified atom stereocenters. The zero-order chi connectivity index (χ0) is 15.5. The first kappa shape index (κ1) is 17.0. The number of nitrogens with one attached hydrogen (secondary N) is 1. The maximum atomic E-state index is 12.1. The Morgan fingerprint density at radius 3 is 2.81 bits per heavy atom. The van der Waals surface area contributed by atoms with Crippen molar-refractivity contribution in [2.75, 3.05) is 17.3 Å². The molecule has 1 N–H and O–H groups in total. The van der Waals surface area contributed by atoms with Gasteiger partial charge < -0.3 is 5.32 Å². The van der Waals surface area contributed by atoms with Gasteiger partial charge in [-0.05, 0) is 19.1 Å². The zero-order valence-corrected chi connectivity index (χ0v) is 15.0. The molecule has 1 amide bonds. The van der Waals surface area contributed by atoms with Crippen molar-refractivity contribution in [2.45, 2.75) is 40.2 Å². The van der Waals surface area contributed by atoms with Crippen LogP contribution in [0.25, 0.3) is 0 Å². The number of hydrogen-bond donors (Lipinski definition) is 1. The summed E-state index contributed by atoms with van der Waals surface area (Å²) in [6, 6.07) is -0.258. The first-order valence-electron chi connectivity index (χ1n) is 6.53. The van der Waals surface area contributed by atoms with E-state index in [2.05, 4.69) is 15.5 Å². The maximum absolute atomic E-state index is 12.1. The summed E-state index contributed by atoms with van der Waals surface area (Å²) >= 11 is 4.45. The van der Waals surface area contributed by atoms with Crippen molar-refractivity contribution in [3.8, 4) is 0 Å². The first-order valence-corrected chi connectivity index (χ1v) is 11.0. The van der Waals surface area contributed by atoms with E-state index < -0.39 is 9.84 Å². The van der Waals surface area contributed by atoms with Crippen LogP contribution in [0.3, 0.4) is 0 Å². The van der Waals surface area contributed by atoms with Gasteiger partial charge in [0, 0.05) is 6.04 Å². The highest BCUT2D eigenvalue weighted by Crippen LogP contribution is 2.31. The average molecular weight is 368 g/mol.